The maximum atomic E-state index is 13.5. The van der Waals surface area contributed by atoms with Gasteiger partial charge in [-0.15, -0.1) is 11.3 Å². The van der Waals surface area contributed by atoms with Crippen molar-refractivity contribution >= 4 is 33.9 Å². The molecule has 3 nitrogen and oxygen atoms in total. The molecule has 1 unspecified atom stereocenters. The number of ether oxygens (including phenoxy) is 1. The Morgan fingerprint density at radius 3 is 2.39 bits per heavy atom. The summed E-state index contributed by atoms with van der Waals surface area (Å²) in [5.74, 6) is 0.423. The van der Waals surface area contributed by atoms with Crippen molar-refractivity contribution in [2.24, 2.45) is 5.41 Å². The second kappa shape index (κ2) is 5.89. The van der Waals surface area contributed by atoms with Gasteiger partial charge in [0.2, 0.25) is 0 Å². The van der Waals surface area contributed by atoms with Crippen molar-refractivity contribution in [2.45, 2.75) is 24.6 Å². The summed E-state index contributed by atoms with van der Waals surface area (Å²) in [5, 5.41) is 10.9. The smallest absolute Gasteiger partial charge is 0.397 e. The van der Waals surface area contributed by atoms with Crippen molar-refractivity contribution < 1.29 is 23.0 Å². The Morgan fingerprint density at radius 1 is 1.26 bits per heavy atom. The van der Waals surface area contributed by atoms with Crippen LogP contribution in [0, 0.1) is 8.99 Å². The van der Waals surface area contributed by atoms with Gasteiger partial charge in [0.05, 0.1) is 10.4 Å². The molecule has 1 N–H and O–H groups in total. The number of aliphatic hydroxyl groups is 1. The lowest BCUT2D eigenvalue weighted by Gasteiger charge is -2.36. The van der Waals surface area contributed by atoms with E-state index in [1.807, 2.05) is 0 Å². The number of thiazole rings is 1. The summed E-state index contributed by atoms with van der Waals surface area (Å²) in [7, 11) is 0. The van der Waals surface area contributed by atoms with Gasteiger partial charge < -0.3 is 9.84 Å². The molecule has 8 heteroatoms. The highest BCUT2D eigenvalue weighted by atomic mass is 127. The van der Waals surface area contributed by atoms with E-state index in [1.165, 1.54) is 11.7 Å². The molecule has 2 aromatic rings. The van der Waals surface area contributed by atoms with E-state index in [0.29, 0.717) is 5.75 Å². The predicted molar refractivity (Wildman–Crippen MR) is 88.4 cm³/mol. The molecule has 1 saturated carbocycles. The van der Waals surface area contributed by atoms with Crippen LogP contribution in [0.25, 0.3) is 0 Å². The zero-order chi connectivity index (χ0) is 16.7. The number of alkyl halides is 3. The third kappa shape index (κ3) is 2.96. The molecule has 0 spiro atoms. The molecule has 1 aromatic heterocycles. The molecule has 1 aromatic carbocycles. The lowest BCUT2D eigenvalue weighted by molar-refractivity contribution is -0.251. The zero-order valence-electron chi connectivity index (χ0n) is 11.8. The van der Waals surface area contributed by atoms with Gasteiger partial charge in [0.15, 0.2) is 0 Å². The van der Waals surface area contributed by atoms with Gasteiger partial charge in [0.1, 0.15) is 23.4 Å². The van der Waals surface area contributed by atoms with Gasteiger partial charge in [-0.1, -0.05) is 0 Å². The van der Waals surface area contributed by atoms with Crippen LogP contribution in [0.3, 0.4) is 0 Å². The Bertz CT molecular complexity index is 671. The number of nitrogens with zero attached hydrogens (tertiary/aromatic N) is 1. The van der Waals surface area contributed by atoms with Crippen LogP contribution in [-0.2, 0) is 5.60 Å². The van der Waals surface area contributed by atoms with Crippen molar-refractivity contribution in [3.8, 4) is 5.75 Å². The van der Waals surface area contributed by atoms with Crippen molar-refractivity contribution in [2.75, 3.05) is 6.61 Å². The number of hydrogen-bond acceptors (Lipinski definition) is 4. The molecular formula is C15H13F3INO2S. The van der Waals surface area contributed by atoms with Crippen LogP contribution in [0.1, 0.15) is 17.7 Å². The first-order chi connectivity index (χ1) is 10.8. The maximum Gasteiger partial charge on any atom is 0.397 e. The minimum atomic E-state index is -4.50. The van der Waals surface area contributed by atoms with E-state index in [0.717, 1.165) is 14.9 Å². The molecule has 3 rings (SSSR count). The Hall–Kier alpha value is -0.870. The van der Waals surface area contributed by atoms with Gasteiger partial charge >= 0.3 is 6.18 Å². The minimum absolute atomic E-state index is 0.110. The minimum Gasteiger partial charge on any atom is -0.490 e. The summed E-state index contributed by atoms with van der Waals surface area (Å²) >= 11 is 3.13. The van der Waals surface area contributed by atoms with Gasteiger partial charge in [0.25, 0.3) is 0 Å². The summed E-state index contributed by atoms with van der Waals surface area (Å²) < 4.78 is 47.1. The Kier molecular flexibility index (Phi) is 4.35. The fourth-order valence-corrected chi connectivity index (χ4v) is 3.81. The number of aromatic nitrogens is 1. The van der Waals surface area contributed by atoms with Gasteiger partial charge in [-0.2, -0.15) is 13.2 Å². The highest BCUT2D eigenvalue weighted by Gasteiger charge is 2.74. The molecule has 0 aliphatic heterocycles. The first-order valence-corrected chi connectivity index (χ1v) is 8.81. The van der Waals surface area contributed by atoms with E-state index in [2.05, 4.69) is 27.6 Å². The van der Waals surface area contributed by atoms with Gasteiger partial charge in [0, 0.05) is 9.77 Å². The first-order valence-electron chi connectivity index (χ1n) is 6.85. The van der Waals surface area contributed by atoms with Crippen LogP contribution >= 0.6 is 33.9 Å². The second-order valence-electron chi connectivity index (χ2n) is 5.55. The Labute approximate surface area is 148 Å². The van der Waals surface area contributed by atoms with Crippen LogP contribution in [0.15, 0.2) is 36.0 Å². The van der Waals surface area contributed by atoms with Crippen LogP contribution in [0.2, 0.25) is 0 Å². The number of rotatable bonds is 5. The Morgan fingerprint density at radius 2 is 1.91 bits per heavy atom. The summed E-state index contributed by atoms with van der Waals surface area (Å²) in [4.78, 5) is 3.99. The van der Waals surface area contributed by atoms with E-state index in [1.54, 1.807) is 24.3 Å². The molecule has 1 heterocycles. The van der Waals surface area contributed by atoms with Gasteiger partial charge in [-0.05, 0) is 59.7 Å². The zero-order valence-corrected chi connectivity index (χ0v) is 14.8. The van der Waals surface area contributed by atoms with Gasteiger partial charge in [-0.25, -0.2) is 0 Å². The molecular weight excluding hydrogens is 442 g/mol. The summed E-state index contributed by atoms with van der Waals surface area (Å²) in [6, 6.07) is 6.92. The summed E-state index contributed by atoms with van der Waals surface area (Å²) in [5.41, 5.74) is -2.87. The van der Waals surface area contributed by atoms with E-state index in [4.69, 9.17) is 4.74 Å². The van der Waals surface area contributed by atoms with E-state index in [9.17, 15) is 18.3 Å². The molecule has 23 heavy (non-hydrogen) atoms. The van der Waals surface area contributed by atoms with Crippen LogP contribution < -0.4 is 4.74 Å². The lowest BCUT2D eigenvalue weighted by atomic mass is 9.83. The standard InChI is InChI=1S/C15H13F3INO2S/c16-15(17,18)13(5-6-13)14(21,12-7-20-9-23-12)8-22-11-3-1-10(19)2-4-11/h1-4,7,9,21H,5-6,8H2. The van der Waals surface area contributed by atoms with Crippen molar-refractivity contribution in [3.05, 3.63) is 44.4 Å². The predicted octanol–water partition coefficient (Wildman–Crippen LogP) is 4.36. The molecule has 0 amide bonds. The molecule has 0 radical (unpaired) electrons. The highest BCUT2D eigenvalue weighted by molar-refractivity contribution is 14.1. The largest absolute Gasteiger partial charge is 0.490 e. The maximum absolute atomic E-state index is 13.5. The quantitative estimate of drug-likeness (QED) is 0.682. The number of hydrogen-bond donors (Lipinski definition) is 1. The molecule has 1 fully saturated rings. The summed E-state index contributed by atoms with van der Waals surface area (Å²) in [6.45, 7) is -0.463. The van der Waals surface area contributed by atoms with E-state index < -0.39 is 23.8 Å². The molecule has 1 aliphatic carbocycles. The van der Waals surface area contributed by atoms with E-state index in [-0.39, 0.29) is 17.7 Å². The van der Waals surface area contributed by atoms with Crippen molar-refractivity contribution in [1.29, 1.82) is 0 Å². The average molecular weight is 455 g/mol. The van der Waals surface area contributed by atoms with Crippen LogP contribution in [0.4, 0.5) is 13.2 Å². The summed E-state index contributed by atoms with van der Waals surface area (Å²) in [6.07, 6.45) is -3.43. The van der Waals surface area contributed by atoms with Crippen LogP contribution in [0.5, 0.6) is 5.75 Å². The highest BCUT2D eigenvalue weighted by Crippen LogP contribution is 2.67. The third-order valence-corrected chi connectivity index (χ3v) is 5.83. The third-order valence-electron chi connectivity index (χ3n) is 4.19. The first kappa shape index (κ1) is 17.0. The van der Waals surface area contributed by atoms with Crippen molar-refractivity contribution in [1.82, 2.24) is 4.98 Å². The second-order valence-corrected chi connectivity index (χ2v) is 7.68. The van der Waals surface area contributed by atoms with E-state index >= 15 is 0 Å². The monoisotopic (exact) mass is 455 g/mol. The van der Waals surface area contributed by atoms with Crippen LogP contribution in [-0.4, -0.2) is 22.9 Å². The fraction of sp³-hybridized carbons (Fsp3) is 0.400. The molecule has 1 atom stereocenters. The molecule has 1 aliphatic rings. The Balaban J connectivity index is 1.90. The SMILES string of the molecule is OC(COc1ccc(I)cc1)(c1cncs1)C1(C(F)(F)F)CC1. The topological polar surface area (TPSA) is 42.4 Å². The molecule has 124 valence electrons. The number of benzene rings is 1. The normalized spacial score (nSPS) is 19.2. The molecule has 0 saturated heterocycles. The number of halogens is 4. The van der Waals surface area contributed by atoms with Gasteiger partial charge in [-0.3, -0.25) is 4.98 Å². The average Bonchev–Trinajstić information content (AvgIpc) is 3.15. The fourth-order valence-electron chi connectivity index (χ4n) is 2.64. The van der Waals surface area contributed by atoms with Crippen molar-refractivity contribution in [3.63, 3.8) is 0 Å². The molecule has 0 bridgehead atoms. The lowest BCUT2D eigenvalue weighted by Crippen LogP contribution is -2.49.